The van der Waals surface area contributed by atoms with E-state index in [-0.39, 0.29) is 25.7 Å². The highest BCUT2D eigenvalue weighted by molar-refractivity contribution is 7.47. The van der Waals surface area contributed by atoms with E-state index in [9.17, 15) is 43.2 Å². The molecule has 0 saturated carbocycles. The minimum atomic E-state index is -4.96. The summed E-state index contributed by atoms with van der Waals surface area (Å²) in [5, 5.41) is 10.6. The molecule has 0 rings (SSSR count). The quantitative estimate of drug-likeness (QED) is 0.0222. The number of ether oxygens (including phenoxy) is 4. The lowest BCUT2D eigenvalue weighted by molar-refractivity contribution is -0.161. The first-order valence-corrected chi connectivity index (χ1v) is 45.1. The van der Waals surface area contributed by atoms with Gasteiger partial charge in [0.2, 0.25) is 0 Å². The maximum atomic E-state index is 13.1. The fourth-order valence-corrected chi connectivity index (χ4v) is 14.2. The molecule has 0 fully saturated rings. The molecular formula is C81H158O17P2. The third-order valence-corrected chi connectivity index (χ3v) is 20.9. The topological polar surface area (TPSA) is 237 Å². The third-order valence-electron chi connectivity index (χ3n) is 19.0. The second kappa shape index (κ2) is 73.9. The number of rotatable bonds is 81. The zero-order chi connectivity index (χ0) is 73.4. The number of phosphoric acid groups is 2. The largest absolute Gasteiger partial charge is 0.472 e. The summed E-state index contributed by atoms with van der Waals surface area (Å²) >= 11 is 0. The predicted molar refractivity (Wildman–Crippen MR) is 409 cm³/mol. The van der Waals surface area contributed by atoms with Gasteiger partial charge < -0.3 is 33.8 Å². The molecule has 0 saturated heterocycles. The number of esters is 4. The highest BCUT2D eigenvalue weighted by Crippen LogP contribution is 2.45. The van der Waals surface area contributed by atoms with E-state index in [1.165, 1.54) is 257 Å². The SMILES string of the molecule is CCCCCCCCCCCCCCCCCCCCCCC(=O)O[C@H](COC(=O)CCCCCCCCCCCCCCCCCCC)COP(=O)(O)OC[C@@H](O)COP(=O)(O)OC[C@@H](COC(=O)CCCCCCCCCCC(C)C)OC(=O)CCCCCCCCCCCCCC. The van der Waals surface area contributed by atoms with Gasteiger partial charge in [0.05, 0.1) is 26.4 Å². The van der Waals surface area contributed by atoms with Crippen LogP contribution in [0.5, 0.6) is 0 Å². The summed E-state index contributed by atoms with van der Waals surface area (Å²) in [4.78, 5) is 73.0. The van der Waals surface area contributed by atoms with Crippen molar-refractivity contribution in [1.29, 1.82) is 0 Å². The fourth-order valence-electron chi connectivity index (χ4n) is 12.6. The lowest BCUT2D eigenvalue weighted by atomic mass is 10.0. The molecule has 0 amide bonds. The van der Waals surface area contributed by atoms with Crippen LogP contribution in [0.15, 0.2) is 0 Å². The number of hydrogen-bond acceptors (Lipinski definition) is 15. The van der Waals surface area contributed by atoms with Crippen molar-refractivity contribution in [3.05, 3.63) is 0 Å². The van der Waals surface area contributed by atoms with Gasteiger partial charge in [-0.2, -0.15) is 0 Å². The van der Waals surface area contributed by atoms with E-state index in [0.717, 1.165) is 95.8 Å². The van der Waals surface area contributed by atoms with Gasteiger partial charge >= 0.3 is 39.5 Å². The molecule has 0 radical (unpaired) electrons. The van der Waals surface area contributed by atoms with Gasteiger partial charge in [-0.15, -0.1) is 0 Å². The molecule has 100 heavy (non-hydrogen) atoms. The highest BCUT2D eigenvalue weighted by atomic mass is 31.2. The fraction of sp³-hybridized carbons (Fsp3) is 0.951. The molecule has 5 atom stereocenters. The van der Waals surface area contributed by atoms with Gasteiger partial charge in [-0.25, -0.2) is 9.13 Å². The van der Waals surface area contributed by atoms with E-state index >= 15 is 0 Å². The monoisotopic (exact) mass is 1470 g/mol. The summed E-state index contributed by atoms with van der Waals surface area (Å²) in [6, 6.07) is 0. The molecule has 0 aromatic carbocycles. The number of carbonyl (C=O) groups is 4. The number of aliphatic hydroxyl groups excluding tert-OH is 1. The van der Waals surface area contributed by atoms with Crippen LogP contribution in [0.4, 0.5) is 0 Å². The van der Waals surface area contributed by atoms with E-state index in [1.807, 2.05) is 0 Å². The first-order valence-electron chi connectivity index (χ1n) is 42.1. The summed E-state index contributed by atoms with van der Waals surface area (Å²) in [5.74, 6) is -1.38. The van der Waals surface area contributed by atoms with Gasteiger partial charge in [-0.1, -0.05) is 381 Å². The average molecular weight is 1470 g/mol. The summed E-state index contributed by atoms with van der Waals surface area (Å²) in [6.45, 7) is 7.29. The summed E-state index contributed by atoms with van der Waals surface area (Å²) in [5.41, 5.74) is 0. The van der Waals surface area contributed by atoms with Crippen molar-refractivity contribution in [2.45, 2.75) is 451 Å². The van der Waals surface area contributed by atoms with Crippen molar-refractivity contribution >= 4 is 39.5 Å². The normalized spacial score (nSPS) is 13.8. The van der Waals surface area contributed by atoms with Crippen LogP contribution in [0.2, 0.25) is 0 Å². The minimum Gasteiger partial charge on any atom is -0.462 e. The second-order valence-electron chi connectivity index (χ2n) is 29.6. The summed E-state index contributed by atoms with van der Waals surface area (Å²) < 4.78 is 68.7. The Hall–Kier alpha value is -1.94. The van der Waals surface area contributed by atoms with Crippen molar-refractivity contribution in [2.24, 2.45) is 5.92 Å². The van der Waals surface area contributed by atoms with Crippen LogP contribution >= 0.6 is 15.6 Å². The van der Waals surface area contributed by atoms with E-state index in [1.54, 1.807) is 0 Å². The van der Waals surface area contributed by atoms with Gasteiger partial charge in [-0.3, -0.25) is 37.3 Å². The molecular weight excluding hydrogens is 1310 g/mol. The van der Waals surface area contributed by atoms with Crippen molar-refractivity contribution < 1.29 is 80.2 Å². The van der Waals surface area contributed by atoms with Crippen LogP contribution < -0.4 is 0 Å². The molecule has 0 bridgehead atoms. The maximum Gasteiger partial charge on any atom is 0.472 e. The number of carbonyl (C=O) groups excluding carboxylic acids is 4. The van der Waals surface area contributed by atoms with Crippen LogP contribution in [-0.4, -0.2) is 96.7 Å². The van der Waals surface area contributed by atoms with Gasteiger partial charge in [0.1, 0.15) is 19.3 Å². The van der Waals surface area contributed by atoms with Crippen LogP contribution in [0.3, 0.4) is 0 Å². The van der Waals surface area contributed by atoms with Crippen LogP contribution in [-0.2, 0) is 65.4 Å². The van der Waals surface area contributed by atoms with Gasteiger partial charge in [0.25, 0.3) is 0 Å². The lowest BCUT2D eigenvalue weighted by Gasteiger charge is -2.21. The van der Waals surface area contributed by atoms with E-state index < -0.39 is 97.5 Å². The first-order chi connectivity index (χ1) is 48.5. The van der Waals surface area contributed by atoms with Gasteiger partial charge in [0.15, 0.2) is 12.2 Å². The first kappa shape index (κ1) is 98.1. The molecule has 17 nitrogen and oxygen atoms in total. The number of hydrogen-bond donors (Lipinski definition) is 3. The average Bonchev–Trinajstić information content (AvgIpc) is 0.962. The van der Waals surface area contributed by atoms with E-state index in [2.05, 4.69) is 34.6 Å². The number of aliphatic hydroxyl groups is 1. The number of unbranched alkanes of at least 4 members (excludes halogenated alkanes) is 53. The van der Waals surface area contributed by atoms with Crippen molar-refractivity contribution in [3.63, 3.8) is 0 Å². The third kappa shape index (κ3) is 74.3. The molecule has 2 unspecified atom stereocenters. The Labute approximate surface area is 613 Å². The second-order valence-corrected chi connectivity index (χ2v) is 32.5. The molecule has 594 valence electrons. The molecule has 0 aromatic rings. The van der Waals surface area contributed by atoms with E-state index in [4.69, 9.17) is 37.0 Å². The Morgan fingerprint density at radius 3 is 0.680 bits per heavy atom. The molecule has 0 spiro atoms. The lowest BCUT2D eigenvalue weighted by Crippen LogP contribution is -2.30. The van der Waals surface area contributed by atoms with Crippen molar-refractivity contribution in [3.8, 4) is 0 Å². The number of phosphoric ester groups is 2. The van der Waals surface area contributed by atoms with Crippen LogP contribution in [0.25, 0.3) is 0 Å². The van der Waals surface area contributed by atoms with Gasteiger partial charge in [0, 0.05) is 25.7 Å². The molecule has 19 heteroatoms. The predicted octanol–water partition coefficient (Wildman–Crippen LogP) is 24.4. The maximum absolute atomic E-state index is 13.1. The minimum absolute atomic E-state index is 0.107. The molecule has 0 aromatic heterocycles. The van der Waals surface area contributed by atoms with Crippen LogP contribution in [0, 0.1) is 5.92 Å². The Bertz CT molecular complexity index is 1910. The zero-order valence-corrected chi connectivity index (χ0v) is 67.1. The molecule has 3 N–H and O–H groups in total. The standard InChI is InChI=1S/C81H158O17P2/c1-6-9-12-15-18-21-24-27-29-31-32-33-35-37-39-42-45-52-57-62-67-81(86)97-76(70-91-78(83)64-59-54-49-43-41-38-36-34-30-28-25-22-19-16-13-10-7-2)72-95-99(87,88)93-68-75(82)69-94-100(89,90)96-73-77(71-92-79(84)65-60-55-50-47-46-48-53-58-63-74(4)5)98-80(85)66-61-56-51-44-40-26-23-20-17-14-11-8-3/h74-77,82H,6-73H2,1-5H3,(H,87,88)(H,89,90)/t75-,76-,77-/m1/s1. The molecule has 0 aliphatic carbocycles. The Morgan fingerprint density at radius 1 is 0.270 bits per heavy atom. The van der Waals surface area contributed by atoms with Crippen molar-refractivity contribution in [1.82, 2.24) is 0 Å². The van der Waals surface area contributed by atoms with Gasteiger partial charge in [-0.05, 0) is 31.6 Å². The summed E-state index contributed by atoms with van der Waals surface area (Å²) in [6.07, 6.45) is 65.3. The Balaban J connectivity index is 5.23. The Morgan fingerprint density at radius 2 is 0.460 bits per heavy atom. The van der Waals surface area contributed by atoms with Crippen molar-refractivity contribution in [2.75, 3.05) is 39.6 Å². The zero-order valence-electron chi connectivity index (χ0n) is 65.3. The molecule has 0 heterocycles. The summed E-state index contributed by atoms with van der Waals surface area (Å²) in [7, 11) is -9.92. The molecule has 0 aliphatic rings. The molecule has 0 aliphatic heterocycles. The smallest absolute Gasteiger partial charge is 0.462 e. The highest BCUT2D eigenvalue weighted by Gasteiger charge is 2.30. The Kier molecular flexibility index (Phi) is 72.5. The van der Waals surface area contributed by atoms with E-state index in [0.29, 0.717) is 25.7 Å². The van der Waals surface area contributed by atoms with Crippen LogP contribution in [0.1, 0.15) is 433 Å².